The monoisotopic (exact) mass is 738 g/mol. The van der Waals surface area contributed by atoms with Gasteiger partial charge in [0.15, 0.2) is 0 Å². The van der Waals surface area contributed by atoms with Crippen LogP contribution >= 0.6 is 0 Å². The smallest absolute Gasteiger partial charge is 0.407 e. The number of ether oxygens (including phenoxy) is 2. The van der Waals surface area contributed by atoms with Crippen molar-refractivity contribution in [3.8, 4) is 33.6 Å². The molecule has 2 saturated heterocycles. The minimum absolute atomic E-state index is 0.104. The second-order valence-electron chi connectivity index (χ2n) is 14.6. The van der Waals surface area contributed by atoms with Crippen LogP contribution in [0.5, 0.6) is 0 Å². The first kappa shape index (κ1) is 38.1. The van der Waals surface area contributed by atoms with E-state index in [9.17, 15) is 19.2 Å². The lowest BCUT2D eigenvalue weighted by Gasteiger charge is -2.30. The largest absolute Gasteiger partial charge is 0.453 e. The number of nitrogens with zero attached hydrogens (tertiary/aromatic N) is 4. The molecule has 2 fully saturated rings. The van der Waals surface area contributed by atoms with Crippen molar-refractivity contribution in [3.05, 3.63) is 72.6 Å². The molecular formula is C40H50N8O6. The molecule has 54 heavy (non-hydrogen) atoms. The molecule has 0 spiro atoms. The number of benzene rings is 2. The summed E-state index contributed by atoms with van der Waals surface area (Å²) in [6.07, 6.45) is 5.61. The maximum absolute atomic E-state index is 13.5. The predicted octanol–water partition coefficient (Wildman–Crippen LogP) is 6.22. The minimum atomic E-state index is -0.687. The van der Waals surface area contributed by atoms with Gasteiger partial charge in [0.2, 0.25) is 11.8 Å². The van der Waals surface area contributed by atoms with Gasteiger partial charge in [0.25, 0.3) is 0 Å². The predicted molar refractivity (Wildman–Crippen MR) is 203 cm³/mol. The molecule has 0 saturated carbocycles. The summed E-state index contributed by atoms with van der Waals surface area (Å²) in [6.45, 7) is 8.78. The number of hydrogen-bond donors (Lipinski definition) is 4. The Morgan fingerprint density at radius 1 is 0.630 bits per heavy atom. The molecule has 0 bridgehead atoms. The first-order valence-electron chi connectivity index (χ1n) is 18.6. The summed E-state index contributed by atoms with van der Waals surface area (Å²) in [5.74, 6) is 0.955. The highest BCUT2D eigenvalue weighted by atomic mass is 16.5. The van der Waals surface area contributed by atoms with Gasteiger partial charge in [-0.25, -0.2) is 19.6 Å². The van der Waals surface area contributed by atoms with Crippen molar-refractivity contribution in [2.24, 2.45) is 11.8 Å². The van der Waals surface area contributed by atoms with E-state index in [1.807, 2.05) is 52.0 Å². The number of nitrogens with one attached hydrogen (secondary N) is 4. The average molecular weight is 739 g/mol. The summed E-state index contributed by atoms with van der Waals surface area (Å²) in [5.41, 5.74) is 5.78. The van der Waals surface area contributed by atoms with Gasteiger partial charge >= 0.3 is 12.2 Å². The van der Waals surface area contributed by atoms with E-state index < -0.39 is 24.3 Å². The molecule has 2 aliphatic heterocycles. The van der Waals surface area contributed by atoms with Gasteiger partial charge in [-0.05, 0) is 59.8 Å². The highest BCUT2D eigenvalue weighted by Crippen LogP contribution is 2.35. The Bertz CT molecular complexity index is 1800. The Morgan fingerprint density at radius 3 is 1.31 bits per heavy atom. The van der Waals surface area contributed by atoms with E-state index in [1.165, 1.54) is 14.2 Å². The molecule has 0 aliphatic carbocycles. The van der Waals surface area contributed by atoms with Crippen molar-refractivity contribution in [2.75, 3.05) is 27.3 Å². The third kappa shape index (κ3) is 8.12. The number of carbonyl (C=O) groups is 4. The maximum Gasteiger partial charge on any atom is 0.407 e. The van der Waals surface area contributed by atoms with Crippen LogP contribution in [0.3, 0.4) is 0 Å². The van der Waals surface area contributed by atoms with Gasteiger partial charge in [0.05, 0.1) is 50.1 Å². The quantitative estimate of drug-likeness (QED) is 0.140. The van der Waals surface area contributed by atoms with Crippen LogP contribution in [-0.4, -0.2) is 93.1 Å². The molecule has 4 N–H and O–H groups in total. The Kier molecular flexibility index (Phi) is 11.7. The number of carbonyl (C=O) groups excluding carboxylic acids is 4. The lowest BCUT2D eigenvalue weighted by molar-refractivity contribution is -0.136. The summed E-state index contributed by atoms with van der Waals surface area (Å²) in [7, 11) is 2.58. The molecule has 14 heteroatoms. The van der Waals surface area contributed by atoms with E-state index >= 15 is 0 Å². The zero-order chi connectivity index (χ0) is 38.5. The number of H-pyrrole nitrogens is 2. The fourth-order valence-corrected chi connectivity index (χ4v) is 7.38. The van der Waals surface area contributed by atoms with E-state index in [2.05, 4.69) is 54.8 Å². The molecule has 4 atom stereocenters. The Labute approximate surface area is 315 Å². The number of aromatic amines is 2. The number of alkyl carbamates (subject to hydrolysis) is 2. The number of aromatic nitrogens is 4. The fourth-order valence-electron chi connectivity index (χ4n) is 7.38. The van der Waals surface area contributed by atoms with E-state index in [0.29, 0.717) is 13.1 Å². The van der Waals surface area contributed by atoms with Gasteiger partial charge < -0.3 is 39.9 Å². The third-order valence-electron chi connectivity index (χ3n) is 10.4. The maximum atomic E-state index is 13.5. The molecule has 1 unspecified atom stereocenters. The van der Waals surface area contributed by atoms with Gasteiger partial charge in [0, 0.05) is 13.1 Å². The van der Waals surface area contributed by atoms with Crippen LogP contribution in [0.15, 0.2) is 60.9 Å². The number of rotatable bonds is 11. The lowest BCUT2D eigenvalue weighted by Crippen LogP contribution is -2.51. The highest BCUT2D eigenvalue weighted by molar-refractivity contribution is 5.87. The SMILES string of the molecule is COC(=O)NC(C(=O)N1CCC[C@@H]1c1ncc(-c2ccc(-c3ccc(-c4cnc([C@@H]5CCCN5C(=O)[C@@H](NC(=O)OC)C(C)C)[nH]4)cc3)cc2)[nH]1)C(C)C. The molecule has 2 aliphatic rings. The molecule has 14 nitrogen and oxygen atoms in total. The number of imidazole rings is 2. The summed E-state index contributed by atoms with van der Waals surface area (Å²) in [4.78, 5) is 70.7. The lowest BCUT2D eigenvalue weighted by atomic mass is 10.0. The number of amides is 4. The summed E-state index contributed by atoms with van der Waals surface area (Å²) in [5, 5.41) is 5.38. The van der Waals surface area contributed by atoms with Crippen LogP contribution in [0, 0.1) is 11.8 Å². The second-order valence-corrected chi connectivity index (χ2v) is 14.6. The Hall–Kier alpha value is -5.66. The summed E-state index contributed by atoms with van der Waals surface area (Å²) in [6, 6.07) is 14.7. The zero-order valence-electron chi connectivity index (χ0n) is 31.7. The summed E-state index contributed by atoms with van der Waals surface area (Å²) < 4.78 is 9.50. The highest BCUT2D eigenvalue weighted by Gasteiger charge is 2.39. The van der Waals surface area contributed by atoms with Gasteiger partial charge in [-0.2, -0.15) is 0 Å². The molecule has 286 valence electrons. The van der Waals surface area contributed by atoms with Crippen LogP contribution in [0.1, 0.15) is 77.1 Å². The number of hydrogen-bond acceptors (Lipinski definition) is 8. The minimum Gasteiger partial charge on any atom is -0.453 e. The van der Waals surface area contributed by atoms with Crippen molar-refractivity contribution in [1.29, 1.82) is 0 Å². The van der Waals surface area contributed by atoms with Crippen molar-refractivity contribution < 1.29 is 28.7 Å². The van der Waals surface area contributed by atoms with Crippen LogP contribution in [0.4, 0.5) is 9.59 Å². The Balaban J connectivity index is 1.11. The molecule has 2 aromatic heterocycles. The Morgan fingerprint density at radius 2 is 0.981 bits per heavy atom. The van der Waals surface area contributed by atoms with Gasteiger partial charge in [0.1, 0.15) is 23.7 Å². The molecule has 4 aromatic rings. The standard InChI is InChI=1S/C40H50N8O6/c1-23(2)33(45-39(51)53-5)37(49)47-19-7-9-31(47)35-41-21-29(43-35)27-15-11-25(12-16-27)26-13-17-28(18-14-26)30-22-42-36(44-30)32-10-8-20-48(32)38(50)34(24(3)4)46-40(52)54-6/h11-18,21-24,31-34H,7-10,19-20H2,1-6H3,(H,41,43)(H,42,44)(H,45,51)(H,46,52)/t31-,32+,33-,34?/m0/s1. The van der Waals surface area contributed by atoms with Crippen molar-refractivity contribution in [3.63, 3.8) is 0 Å². The third-order valence-corrected chi connectivity index (χ3v) is 10.4. The number of likely N-dealkylation sites (tertiary alicyclic amines) is 2. The first-order chi connectivity index (χ1) is 26.0. The summed E-state index contributed by atoms with van der Waals surface area (Å²) >= 11 is 0. The van der Waals surface area contributed by atoms with Crippen LogP contribution < -0.4 is 10.6 Å². The molecular weight excluding hydrogens is 688 g/mol. The van der Waals surface area contributed by atoms with E-state index in [4.69, 9.17) is 9.47 Å². The topological polar surface area (TPSA) is 175 Å². The second kappa shape index (κ2) is 16.6. The van der Waals surface area contributed by atoms with Crippen molar-refractivity contribution in [2.45, 2.75) is 77.5 Å². The van der Waals surface area contributed by atoms with Gasteiger partial charge in [-0.15, -0.1) is 0 Å². The fraction of sp³-hybridized carbons (Fsp3) is 0.450. The van der Waals surface area contributed by atoms with Crippen molar-refractivity contribution in [1.82, 2.24) is 40.4 Å². The average Bonchev–Trinajstić information content (AvgIpc) is 4.02. The van der Waals surface area contributed by atoms with Gasteiger partial charge in [-0.3, -0.25) is 9.59 Å². The van der Waals surface area contributed by atoms with Crippen LogP contribution in [0.25, 0.3) is 33.6 Å². The molecule has 6 rings (SSSR count). The molecule has 0 radical (unpaired) electrons. The van der Waals surface area contributed by atoms with Crippen molar-refractivity contribution >= 4 is 24.0 Å². The normalized spacial score (nSPS) is 18.1. The van der Waals surface area contributed by atoms with E-state index in [1.54, 1.807) is 22.2 Å². The van der Waals surface area contributed by atoms with E-state index in [-0.39, 0.29) is 35.7 Å². The van der Waals surface area contributed by atoms with Gasteiger partial charge in [-0.1, -0.05) is 76.2 Å². The molecule has 4 amide bonds. The molecule has 4 heterocycles. The zero-order valence-corrected chi connectivity index (χ0v) is 31.7. The first-order valence-corrected chi connectivity index (χ1v) is 18.6. The van der Waals surface area contributed by atoms with E-state index in [0.717, 1.165) is 71.0 Å². The molecule has 2 aromatic carbocycles. The van der Waals surface area contributed by atoms with Crippen LogP contribution in [-0.2, 0) is 19.1 Å². The number of methoxy groups -OCH3 is 2. The van der Waals surface area contributed by atoms with Crippen LogP contribution in [0.2, 0.25) is 0 Å².